The van der Waals surface area contributed by atoms with E-state index >= 15 is 0 Å². The zero-order valence-corrected chi connectivity index (χ0v) is 12.5. The van der Waals surface area contributed by atoms with E-state index in [0.29, 0.717) is 6.54 Å². The van der Waals surface area contributed by atoms with Gasteiger partial charge >= 0.3 is 5.97 Å². The molecule has 1 heterocycles. The third kappa shape index (κ3) is 3.19. The molecule has 0 radical (unpaired) electrons. The number of methoxy groups -OCH3 is 1. The standard InChI is InChI=1S/C14H19NO4S/c1-11-8-15(9-13(11)14(16)19-2)20(17,18)10-12-6-4-3-5-7-12/h3-7,11,13H,8-10H2,1-2H3. The van der Waals surface area contributed by atoms with Crippen molar-refractivity contribution in [1.29, 1.82) is 0 Å². The van der Waals surface area contributed by atoms with Crippen LogP contribution >= 0.6 is 0 Å². The van der Waals surface area contributed by atoms with Gasteiger partial charge in [0.1, 0.15) is 0 Å². The molecular weight excluding hydrogens is 278 g/mol. The molecule has 2 atom stereocenters. The molecule has 110 valence electrons. The summed E-state index contributed by atoms with van der Waals surface area (Å²) in [5.41, 5.74) is 0.752. The van der Waals surface area contributed by atoms with E-state index in [9.17, 15) is 13.2 Å². The van der Waals surface area contributed by atoms with Crippen molar-refractivity contribution in [2.24, 2.45) is 11.8 Å². The van der Waals surface area contributed by atoms with Gasteiger partial charge in [-0.3, -0.25) is 4.79 Å². The second-order valence-corrected chi connectivity index (χ2v) is 7.13. The number of esters is 1. The van der Waals surface area contributed by atoms with Crippen LogP contribution in [0.1, 0.15) is 12.5 Å². The molecule has 0 spiro atoms. The van der Waals surface area contributed by atoms with Crippen LogP contribution < -0.4 is 0 Å². The molecule has 0 N–H and O–H groups in total. The third-order valence-corrected chi connectivity index (χ3v) is 5.45. The number of hydrogen-bond acceptors (Lipinski definition) is 4. The van der Waals surface area contributed by atoms with Crippen molar-refractivity contribution in [3.8, 4) is 0 Å². The van der Waals surface area contributed by atoms with Crippen molar-refractivity contribution in [3.05, 3.63) is 35.9 Å². The number of carbonyl (C=O) groups excluding carboxylic acids is 1. The molecule has 20 heavy (non-hydrogen) atoms. The molecule has 0 aliphatic carbocycles. The van der Waals surface area contributed by atoms with Gasteiger partial charge in [0.2, 0.25) is 10.0 Å². The van der Waals surface area contributed by atoms with Crippen molar-refractivity contribution >= 4 is 16.0 Å². The van der Waals surface area contributed by atoms with E-state index in [2.05, 4.69) is 0 Å². The van der Waals surface area contributed by atoms with E-state index < -0.39 is 10.0 Å². The lowest BCUT2D eigenvalue weighted by atomic mass is 9.99. The average Bonchev–Trinajstić information content (AvgIpc) is 2.81. The Kier molecular flexibility index (Phi) is 4.45. The van der Waals surface area contributed by atoms with Gasteiger partial charge in [0.25, 0.3) is 0 Å². The zero-order valence-electron chi connectivity index (χ0n) is 11.7. The Bertz CT molecular complexity index is 570. The highest BCUT2D eigenvalue weighted by Gasteiger charge is 2.40. The second-order valence-electron chi connectivity index (χ2n) is 5.17. The predicted molar refractivity (Wildman–Crippen MR) is 75.3 cm³/mol. The highest BCUT2D eigenvalue weighted by Crippen LogP contribution is 2.27. The molecule has 1 fully saturated rings. The van der Waals surface area contributed by atoms with Crippen molar-refractivity contribution < 1.29 is 17.9 Å². The smallest absolute Gasteiger partial charge is 0.310 e. The Morgan fingerprint density at radius 1 is 1.30 bits per heavy atom. The van der Waals surface area contributed by atoms with Crippen LogP contribution in [0.5, 0.6) is 0 Å². The normalized spacial score (nSPS) is 23.7. The number of hydrogen-bond donors (Lipinski definition) is 0. The van der Waals surface area contributed by atoms with E-state index in [4.69, 9.17) is 4.74 Å². The Morgan fingerprint density at radius 2 is 1.95 bits per heavy atom. The van der Waals surface area contributed by atoms with Crippen LogP contribution in [0.25, 0.3) is 0 Å². The molecule has 1 saturated heterocycles. The van der Waals surface area contributed by atoms with E-state index in [1.165, 1.54) is 11.4 Å². The average molecular weight is 297 g/mol. The van der Waals surface area contributed by atoms with Gasteiger partial charge in [-0.2, -0.15) is 0 Å². The Morgan fingerprint density at radius 3 is 2.55 bits per heavy atom. The minimum absolute atomic E-state index is 0.0204. The van der Waals surface area contributed by atoms with E-state index in [0.717, 1.165) is 5.56 Å². The first kappa shape index (κ1) is 15.0. The van der Waals surface area contributed by atoms with E-state index in [1.807, 2.05) is 25.1 Å². The minimum Gasteiger partial charge on any atom is -0.469 e. The number of benzene rings is 1. The highest BCUT2D eigenvalue weighted by atomic mass is 32.2. The van der Waals surface area contributed by atoms with Gasteiger partial charge in [-0.25, -0.2) is 12.7 Å². The fourth-order valence-electron chi connectivity index (χ4n) is 2.48. The molecule has 0 bridgehead atoms. The maximum Gasteiger partial charge on any atom is 0.310 e. The number of ether oxygens (including phenoxy) is 1. The largest absolute Gasteiger partial charge is 0.469 e. The van der Waals surface area contributed by atoms with Crippen LogP contribution in [-0.2, 0) is 25.3 Å². The summed E-state index contributed by atoms with van der Waals surface area (Å²) < 4.78 is 30.9. The Balaban J connectivity index is 2.10. The molecule has 6 heteroatoms. The highest BCUT2D eigenvalue weighted by molar-refractivity contribution is 7.88. The van der Waals surface area contributed by atoms with E-state index in [-0.39, 0.29) is 30.1 Å². The lowest BCUT2D eigenvalue weighted by molar-refractivity contribution is -0.145. The van der Waals surface area contributed by atoms with Gasteiger partial charge < -0.3 is 4.74 Å². The van der Waals surface area contributed by atoms with Crippen LogP contribution in [0.15, 0.2) is 30.3 Å². The van der Waals surface area contributed by atoms with Gasteiger partial charge in [0, 0.05) is 13.1 Å². The van der Waals surface area contributed by atoms with Crippen molar-refractivity contribution in [2.45, 2.75) is 12.7 Å². The molecule has 0 aromatic heterocycles. The van der Waals surface area contributed by atoms with Gasteiger partial charge in [-0.05, 0) is 11.5 Å². The van der Waals surface area contributed by atoms with E-state index in [1.54, 1.807) is 12.1 Å². The summed E-state index contributed by atoms with van der Waals surface area (Å²) in [5.74, 6) is -0.762. The fourth-order valence-corrected chi connectivity index (χ4v) is 4.13. The van der Waals surface area contributed by atoms with Gasteiger partial charge in [-0.1, -0.05) is 37.3 Å². The first-order valence-corrected chi connectivity index (χ1v) is 8.14. The van der Waals surface area contributed by atoms with Crippen molar-refractivity contribution in [2.75, 3.05) is 20.2 Å². The lowest BCUT2D eigenvalue weighted by Crippen LogP contribution is -2.31. The summed E-state index contributed by atoms with van der Waals surface area (Å²) in [7, 11) is -2.07. The van der Waals surface area contributed by atoms with Crippen LogP contribution in [0.3, 0.4) is 0 Å². The molecule has 0 amide bonds. The summed E-state index contributed by atoms with van der Waals surface area (Å²) in [6.45, 7) is 2.46. The molecule has 5 nitrogen and oxygen atoms in total. The SMILES string of the molecule is COC(=O)C1CN(S(=O)(=O)Cc2ccccc2)CC1C. The van der Waals surface area contributed by atoms with Crippen LogP contribution in [0.4, 0.5) is 0 Å². The third-order valence-electron chi connectivity index (χ3n) is 3.67. The summed E-state index contributed by atoms with van der Waals surface area (Å²) in [5, 5.41) is 0. The minimum atomic E-state index is -3.40. The zero-order chi connectivity index (χ0) is 14.8. The summed E-state index contributed by atoms with van der Waals surface area (Å²) >= 11 is 0. The molecule has 1 aliphatic heterocycles. The predicted octanol–water partition coefficient (Wildman–Crippen LogP) is 1.26. The first-order chi connectivity index (χ1) is 9.44. The maximum atomic E-state index is 12.4. The molecule has 1 aromatic carbocycles. The first-order valence-electron chi connectivity index (χ1n) is 6.53. The van der Waals surface area contributed by atoms with Gasteiger partial charge in [0.15, 0.2) is 0 Å². The molecule has 0 saturated carbocycles. The second kappa shape index (κ2) is 5.93. The molecule has 2 unspecified atom stereocenters. The van der Waals surface area contributed by atoms with Gasteiger partial charge in [0.05, 0.1) is 18.8 Å². The van der Waals surface area contributed by atoms with Crippen molar-refractivity contribution in [3.63, 3.8) is 0 Å². The Hall–Kier alpha value is -1.40. The molecule has 1 aliphatic rings. The number of rotatable bonds is 4. The number of carbonyl (C=O) groups is 1. The molecular formula is C14H19NO4S. The van der Waals surface area contributed by atoms with Gasteiger partial charge in [-0.15, -0.1) is 0 Å². The van der Waals surface area contributed by atoms with Crippen LogP contribution in [-0.4, -0.2) is 38.9 Å². The fraction of sp³-hybridized carbons (Fsp3) is 0.500. The maximum absolute atomic E-state index is 12.4. The summed E-state index contributed by atoms with van der Waals surface area (Å²) in [4.78, 5) is 11.6. The molecule has 1 aromatic rings. The van der Waals surface area contributed by atoms with Crippen molar-refractivity contribution in [1.82, 2.24) is 4.31 Å². The summed E-state index contributed by atoms with van der Waals surface area (Å²) in [6.07, 6.45) is 0. The Labute approximate surface area is 119 Å². The molecule has 2 rings (SSSR count). The lowest BCUT2D eigenvalue weighted by Gasteiger charge is -2.16. The topological polar surface area (TPSA) is 63.7 Å². The quantitative estimate of drug-likeness (QED) is 0.785. The summed E-state index contributed by atoms with van der Waals surface area (Å²) in [6, 6.07) is 9.05. The number of nitrogens with zero attached hydrogens (tertiary/aromatic N) is 1. The number of sulfonamides is 1. The van der Waals surface area contributed by atoms with Crippen LogP contribution in [0.2, 0.25) is 0 Å². The monoisotopic (exact) mass is 297 g/mol. The van der Waals surface area contributed by atoms with Crippen LogP contribution in [0, 0.1) is 11.8 Å².